The summed E-state index contributed by atoms with van der Waals surface area (Å²) in [6.45, 7) is 10.6. The van der Waals surface area contributed by atoms with Gasteiger partial charge in [0, 0.05) is 26.1 Å². The number of anilines is 1. The van der Waals surface area contributed by atoms with E-state index in [1.54, 1.807) is 12.1 Å². The predicted molar refractivity (Wildman–Crippen MR) is 196 cm³/mol. The maximum Gasteiger partial charge on any atom is 0.264 e. The van der Waals surface area contributed by atoms with E-state index >= 15 is 0 Å². The molecule has 304 valence electrons. The maximum absolute atomic E-state index is 13.2. The first kappa shape index (κ1) is 45.0. The first-order chi connectivity index (χ1) is 26.4. The lowest BCUT2D eigenvalue weighted by Gasteiger charge is -2.27. The van der Waals surface area contributed by atoms with Gasteiger partial charge in [-0.1, -0.05) is 32.3 Å². The second-order valence-electron chi connectivity index (χ2n) is 12.6. The Morgan fingerprint density at radius 1 is 0.648 bits per heavy atom. The average Bonchev–Trinajstić information content (AvgIpc) is 3.41. The van der Waals surface area contributed by atoms with Crippen LogP contribution in [0.3, 0.4) is 0 Å². The molecule has 1 fully saturated rings. The number of rotatable bonds is 33. The van der Waals surface area contributed by atoms with Crippen LogP contribution in [0.2, 0.25) is 0 Å². The van der Waals surface area contributed by atoms with Gasteiger partial charge in [0.1, 0.15) is 6.04 Å². The van der Waals surface area contributed by atoms with E-state index in [2.05, 4.69) is 17.6 Å². The van der Waals surface area contributed by atoms with Crippen LogP contribution in [0.1, 0.15) is 85.4 Å². The minimum atomic E-state index is -1.07. The second-order valence-corrected chi connectivity index (χ2v) is 12.6. The van der Waals surface area contributed by atoms with Gasteiger partial charge in [0.2, 0.25) is 17.7 Å². The molecule has 0 aromatic heterocycles. The quantitative estimate of drug-likeness (QED) is 0.0787. The van der Waals surface area contributed by atoms with Crippen molar-refractivity contribution in [3.8, 4) is 0 Å². The summed E-state index contributed by atoms with van der Waals surface area (Å²) in [5, 5.41) is 4.91. The van der Waals surface area contributed by atoms with Crippen LogP contribution in [0.25, 0.3) is 0 Å². The molecule has 1 aromatic rings. The molecule has 0 saturated carbocycles. The number of nitrogens with zero attached hydrogens (tertiary/aromatic N) is 1. The molecule has 2 aliphatic heterocycles. The standard InChI is InChI=1S/C38H59N3O13/c1-2-3-6-14-47-16-18-49-20-22-51-24-26-53-28-29-54-27-25-52-23-21-50-19-17-48-15-7-4-5-11-33(42)39-31-10-8-9-30-35(31)38(46)41(37(30)45)32-12-13-34(43)40-36(32)44/h8-10,32H,2-7,11-29H2,1H3,(H,39,42)(H,40,43,44). The van der Waals surface area contributed by atoms with Crippen LogP contribution in [0.5, 0.6) is 0 Å². The van der Waals surface area contributed by atoms with Gasteiger partial charge < -0.3 is 43.2 Å². The Balaban J connectivity index is 1.05. The number of hydrogen-bond acceptors (Lipinski definition) is 13. The molecule has 0 spiro atoms. The molecular formula is C38H59N3O13. The maximum atomic E-state index is 13.2. The van der Waals surface area contributed by atoms with Crippen molar-refractivity contribution in [3.05, 3.63) is 29.3 Å². The fourth-order valence-corrected chi connectivity index (χ4v) is 5.59. The van der Waals surface area contributed by atoms with Crippen LogP contribution in [-0.4, -0.2) is 146 Å². The van der Waals surface area contributed by atoms with Crippen LogP contribution >= 0.6 is 0 Å². The molecule has 1 unspecified atom stereocenters. The monoisotopic (exact) mass is 765 g/mol. The van der Waals surface area contributed by atoms with Gasteiger partial charge in [-0.05, 0) is 37.8 Å². The first-order valence-corrected chi connectivity index (χ1v) is 19.2. The van der Waals surface area contributed by atoms with Crippen LogP contribution in [0.4, 0.5) is 5.69 Å². The van der Waals surface area contributed by atoms with Crippen molar-refractivity contribution in [3.63, 3.8) is 0 Å². The Morgan fingerprint density at radius 2 is 1.13 bits per heavy atom. The Hall–Kier alpha value is -3.35. The lowest BCUT2D eigenvalue weighted by Crippen LogP contribution is -2.54. The minimum Gasteiger partial charge on any atom is -0.379 e. The van der Waals surface area contributed by atoms with Gasteiger partial charge in [0.25, 0.3) is 11.8 Å². The lowest BCUT2D eigenvalue weighted by molar-refractivity contribution is -0.136. The van der Waals surface area contributed by atoms with Crippen LogP contribution in [0, 0.1) is 0 Å². The Labute approximate surface area is 318 Å². The van der Waals surface area contributed by atoms with E-state index in [0.717, 1.165) is 30.8 Å². The molecule has 5 amide bonds. The van der Waals surface area contributed by atoms with Crippen LogP contribution in [0.15, 0.2) is 18.2 Å². The van der Waals surface area contributed by atoms with Crippen LogP contribution < -0.4 is 10.6 Å². The molecule has 2 heterocycles. The van der Waals surface area contributed by atoms with E-state index in [-0.39, 0.29) is 42.0 Å². The van der Waals surface area contributed by atoms with Gasteiger partial charge in [-0.25, -0.2) is 0 Å². The molecule has 2 aliphatic rings. The van der Waals surface area contributed by atoms with Crippen molar-refractivity contribution >= 4 is 35.2 Å². The Morgan fingerprint density at radius 3 is 1.61 bits per heavy atom. The van der Waals surface area contributed by atoms with E-state index in [4.69, 9.17) is 37.9 Å². The Bertz CT molecular complexity index is 1280. The molecule has 16 heteroatoms. The van der Waals surface area contributed by atoms with E-state index in [1.807, 2.05) is 0 Å². The number of amides is 5. The van der Waals surface area contributed by atoms with Crippen LogP contribution in [-0.2, 0) is 52.3 Å². The highest BCUT2D eigenvalue weighted by atomic mass is 16.6. The molecule has 1 aromatic carbocycles. The largest absolute Gasteiger partial charge is 0.379 e. The summed E-state index contributed by atoms with van der Waals surface area (Å²) in [6.07, 6.45) is 5.98. The van der Waals surface area contributed by atoms with Gasteiger partial charge in [0.15, 0.2) is 0 Å². The smallest absolute Gasteiger partial charge is 0.264 e. The number of nitrogens with one attached hydrogen (secondary N) is 2. The van der Waals surface area contributed by atoms with E-state index in [1.165, 1.54) is 18.9 Å². The Kier molecular flexibility index (Phi) is 23.5. The number of imide groups is 2. The molecule has 0 aliphatic carbocycles. The third kappa shape index (κ3) is 17.4. The van der Waals surface area contributed by atoms with Crippen molar-refractivity contribution < 1.29 is 61.9 Å². The second kappa shape index (κ2) is 28.1. The minimum absolute atomic E-state index is 0.0312. The normalized spacial score (nSPS) is 15.6. The highest BCUT2D eigenvalue weighted by Gasteiger charge is 2.45. The summed E-state index contributed by atoms with van der Waals surface area (Å²) in [7, 11) is 0. The van der Waals surface area contributed by atoms with Gasteiger partial charge in [-0.15, -0.1) is 0 Å². The van der Waals surface area contributed by atoms with Crippen molar-refractivity contribution in [2.24, 2.45) is 0 Å². The third-order valence-corrected chi connectivity index (χ3v) is 8.43. The summed E-state index contributed by atoms with van der Waals surface area (Å²) in [5.41, 5.74) is 0.392. The average molecular weight is 766 g/mol. The summed E-state index contributed by atoms with van der Waals surface area (Å²) >= 11 is 0. The van der Waals surface area contributed by atoms with Gasteiger partial charge in [0.05, 0.1) is 109 Å². The predicted octanol–water partition coefficient (Wildman–Crippen LogP) is 2.91. The number of fused-ring (bicyclic) bond motifs is 1. The number of piperidine rings is 1. The molecule has 3 rings (SSSR count). The molecule has 0 bridgehead atoms. The van der Waals surface area contributed by atoms with E-state index in [0.29, 0.717) is 106 Å². The SMILES string of the molecule is CCCCCOCCOCCOCCOCCOCCOCCOCCOCCCCCC(=O)Nc1cccc2c1C(=O)N(C1CCC(=O)NC1=O)C2=O. The third-order valence-electron chi connectivity index (χ3n) is 8.43. The molecular weight excluding hydrogens is 706 g/mol. The summed E-state index contributed by atoms with van der Waals surface area (Å²) in [4.78, 5) is 63.5. The summed E-state index contributed by atoms with van der Waals surface area (Å²) < 4.78 is 44.0. The highest BCUT2D eigenvalue weighted by molar-refractivity contribution is 6.26. The number of ether oxygens (including phenoxy) is 8. The van der Waals surface area contributed by atoms with Gasteiger partial charge in [-0.2, -0.15) is 0 Å². The zero-order chi connectivity index (χ0) is 38.6. The molecule has 0 radical (unpaired) electrons. The van der Waals surface area contributed by atoms with Gasteiger partial charge >= 0.3 is 0 Å². The van der Waals surface area contributed by atoms with E-state index in [9.17, 15) is 24.0 Å². The van der Waals surface area contributed by atoms with Crippen molar-refractivity contribution in [1.82, 2.24) is 10.2 Å². The van der Waals surface area contributed by atoms with Gasteiger partial charge in [-0.3, -0.25) is 34.2 Å². The van der Waals surface area contributed by atoms with Crippen molar-refractivity contribution in [2.75, 3.05) is 111 Å². The molecule has 2 N–H and O–H groups in total. The first-order valence-electron chi connectivity index (χ1n) is 19.2. The zero-order valence-electron chi connectivity index (χ0n) is 31.7. The van der Waals surface area contributed by atoms with Crippen molar-refractivity contribution in [1.29, 1.82) is 0 Å². The molecule has 54 heavy (non-hydrogen) atoms. The number of carbonyl (C=O) groups excluding carboxylic acids is 5. The molecule has 1 saturated heterocycles. The number of unbranched alkanes of at least 4 members (excludes halogenated alkanes) is 4. The number of carbonyl (C=O) groups is 5. The molecule has 1 atom stereocenters. The fourth-order valence-electron chi connectivity index (χ4n) is 5.59. The molecule has 16 nitrogen and oxygen atoms in total. The number of benzene rings is 1. The summed E-state index contributed by atoms with van der Waals surface area (Å²) in [6, 6.07) is 3.54. The highest BCUT2D eigenvalue weighted by Crippen LogP contribution is 2.32. The lowest BCUT2D eigenvalue weighted by atomic mass is 10.0. The fraction of sp³-hybridized carbons (Fsp3) is 0.711. The van der Waals surface area contributed by atoms with Crippen molar-refractivity contribution in [2.45, 2.75) is 70.8 Å². The topological polar surface area (TPSA) is 186 Å². The number of hydrogen-bond donors (Lipinski definition) is 2. The zero-order valence-corrected chi connectivity index (χ0v) is 31.7. The summed E-state index contributed by atoms with van der Waals surface area (Å²) in [5.74, 6) is -2.70. The van der Waals surface area contributed by atoms with E-state index < -0.39 is 29.7 Å².